The van der Waals surface area contributed by atoms with Gasteiger partial charge in [-0.25, -0.2) is 8.78 Å². The van der Waals surface area contributed by atoms with Crippen LogP contribution in [0.25, 0.3) is 0 Å². The van der Waals surface area contributed by atoms with Crippen LogP contribution in [0.4, 0.5) is 8.78 Å². The van der Waals surface area contributed by atoms with Crippen molar-refractivity contribution < 1.29 is 18.7 Å². The maximum Gasteiger partial charge on any atom is 0.267 e. The number of phenolic OH excluding ortho intramolecular Hbond substituents is 1. The van der Waals surface area contributed by atoms with E-state index in [9.17, 15) is 18.7 Å². The number of rotatable bonds is 3. The Morgan fingerprint density at radius 1 is 1.50 bits per heavy atom. The van der Waals surface area contributed by atoms with Gasteiger partial charge in [0, 0.05) is 12.0 Å². The SMILES string of the molecule is CCC(=O)c1ccc(C(F)F)c(O)c1. The molecule has 1 rings (SSSR count). The van der Waals surface area contributed by atoms with Crippen molar-refractivity contribution in [2.45, 2.75) is 19.8 Å². The molecule has 0 amide bonds. The molecule has 0 aliphatic rings. The second kappa shape index (κ2) is 4.17. The summed E-state index contributed by atoms with van der Waals surface area (Å²) >= 11 is 0. The van der Waals surface area contributed by atoms with Gasteiger partial charge in [-0.05, 0) is 12.1 Å². The monoisotopic (exact) mass is 200 g/mol. The molecule has 0 aliphatic carbocycles. The number of phenols is 1. The minimum atomic E-state index is -2.72. The van der Waals surface area contributed by atoms with Crippen molar-refractivity contribution in [3.05, 3.63) is 29.3 Å². The normalized spacial score (nSPS) is 10.6. The zero-order valence-electron chi connectivity index (χ0n) is 7.63. The first kappa shape index (κ1) is 10.6. The van der Waals surface area contributed by atoms with E-state index in [-0.39, 0.29) is 17.8 Å². The molecule has 0 saturated heterocycles. The van der Waals surface area contributed by atoms with Crippen molar-refractivity contribution in [1.82, 2.24) is 0 Å². The molecule has 1 N–H and O–H groups in total. The van der Waals surface area contributed by atoms with Gasteiger partial charge in [-0.2, -0.15) is 0 Å². The molecular formula is C10H10F2O2. The molecule has 76 valence electrons. The summed E-state index contributed by atoms with van der Waals surface area (Å²) in [6.07, 6.45) is -2.44. The number of carbonyl (C=O) groups is 1. The third-order valence-corrected chi connectivity index (χ3v) is 1.91. The number of ketones is 1. The Labute approximate surface area is 80.2 Å². The van der Waals surface area contributed by atoms with E-state index in [0.29, 0.717) is 0 Å². The maximum atomic E-state index is 12.2. The lowest BCUT2D eigenvalue weighted by atomic mass is 10.1. The van der Waals surface area contributed by atoms with Crippen LogP contribution in [0.1, 0.15) is 35.7 Å². The average Bonchev–Trinajstić information content (AvgIpc) is 2.15. The van der Waals surface area contributed by atoms with Crippen molar-refractivity contribution in [3.8, 4) is 5.75 Å². The molecule has 4 heteroatoms. The highest BCUT2D eigenvalue weighted by Crippen LogP contribution is 2.28. The number of benzene rings is 1. The average molecular weight is 200 g/mol. The van der Waals surface area contributed by atoms with Crippen molar-refractivity contribution >= 4 is 5.78 Å². The van der Waals surface area contributed by atoms with E-state index in [1.807, 2.05) is 0 Å². The van der Waals surface area contributed by atoms with E-state index in [1.54, 1.807) is 6.92 Å². The summed E-state index contributed by atoms with van der Waals surface area (Å²) in [7, 11) is 0. The predicted molar refractivity (Wildman–Crippen MR) is 47.7 cm³/mol. The highest BCUT2D eigenvalue weighted by molar-refractivity contribution is 5.96. The second-order valence-corrected chi connectivity index (χ2v) is 2.85. The lowest BCUT2D eigenvalue weighted by Gasteiger charge is -2.04. The molecule has 1 aromatic carbocycles. The summed E-state index contributed by atoms with van der Waals surface area (Å²) in [6.45, 7) is 1.67. The number of halogens is 2. The third kappa shape index (κ3) is 2.07. The first-order chi connectivity index (χ1) is 6.56. The van der Waals surface area contributed by atoms with E-state index in [0.717, 1.165) is 12.1 Å². The molecule has 0 aliphatic heterocycles. The number of hydrogen-bond donors (Lipinski definition) is 1. The van der Waals surface area contributed by atoms with Crippen LogP contribution in [0.3, 0.4) is 0 Å². The van der Waals surface area contributed by atoms with Crippen LogP contribution >= 0.6 is 0 Å². The second-order valence-electron chi connectivity index (χ2n) is 2.85. The Balaban J connectivity index is 3.06. The summed E-state index contributed by atoms with van der Waals surface area (Å²) < 4.78 is 24.4. The van der Waals surface area contributed by atoms with Crippen LogP contribution in [0.15, 0.2) is 18.2 Å². The standard InChI is InChI=1S/C10H10F2O2/c1-2-8(13)6-3-4-7(10(11)12)9(14)5-6/h3-5,10,14H,2H2,1H3. The van der Waals surface area contributed by atoms with Gasteiger partial charge < -0.3 is 5.11 Å². The first-order valence-corrected chi connectivity index (χ1v) is 4.20. The molecule has 14 heavy (non-hydrogen) atoms. The van der Waals surface area contributed by atoms with Crippen molar-refractivity contribution in [1.29, 1.82) is 0 Å². The summed E-state index contributed by atoms with van der Waals surface area (Å²) in [4.78, 5) is 11.1. The van der Waals surface area contributed by atoms with E-state index in [2.05, 4.69) is 0 Å². The van der Waals surface area contributed by atoms with Crippen LogP contribution in [0.5, 0.6) is 5.75 Å². The van der Waals surface area contributed by atoms with Gasteiger partial charge in [0.25, 0.3) is 6.43 Å². The molecule has 2 nitrogen and oxygen atoms in total. The fraction of sp³-hybridized carbons (Fsp3) is 0.300. The van der Waals surface area contributed by atoms with E-state index >= 15 is 0 Å². The quantitative estimate of drug-likeness (QED) is 0.761. The molecule has 0 fully saturated rings. The Kier molecular flexibility index (Phi) is 3.17. The molecule has 0 heterocycles. The minimum Gasteiger partial charge on any atom is -0.507 e. The summed E-state index contributed by atoms with van der Waals surface area (Å²) in [6, 6.07) is 3.45. The first-order valence-electron chi connectivity index (χ1n) is 4.20. The lowest BCUT2D eigenvalue weighted by Crippen LogP contribution is -1.97. The van der Waals surface area contributed by atoms with E-state index in [1.165, 1.54) is 6.07 Å². The van der Waals surface area contributed by atoms with Crippen LogP contribution in [-0.2, 0) is 0 Å². The molecule has 0 bridgehead atoms. The molecule has 0 unspecified atom stereocenters. The van der Waals surface area contributed by atoms with E-state index in [4.69, 9.17) is 0 Å². The van der Waals surface area contributed by atoms with Gasteiger partial charge in [-0.15, -0.1) is 0 Å². The fourth-order valence-corrected chi connectivity index (χ4v) is 1.11. The van der Waals surface area contributed by atoms with Gasteiger partial charge in [-0.1, -0.05) is 13.0 Å². The Morgan fingerprint density at radius 2 is 2.14 bits per heavy atom. The van der Waals surface area contributed by atoms with Gasteiger partial charge in [0.05, 0.1) is 5.56 Å². The van der Waals surface area contributed by atoms with Crippen LogP contribution in [0, 0.1) is 0 Å². The zero-order valence-corrected chi connectivity index (χ0v) is 7.63. The molecule has 0 atom stereocenters. The van der Waals surface area contributed by atoms with Crippen molar-refractivity contribution in [2.24, 2.45) is 0 Å². The summed E-state index contributed by atoms with van der Waals surface area (Å²) in [5.41, 5.74) is -0.188. The summed E-state index contributed by atoms with van der Waals surface area (Å²) in [5, 5.41) is 9.17. The van der Waals surface area contributed by atoms with Crippen molar-refractivity contribution in [2.75, 3.05) is 0 Å². The van der Waals surface area contributed by atoms with Gasteiger partial charge in [0.15, 0.2) is 5.78 Å². The number of Topliss-reactive ketones (excluding diaryl/α,β-unsaturated/α-hetero) is 1. The van der Waals surface area contributed by atoms with Crippen LogP contribution < -0.4 is 0 Å². The number of carbonyl (C=O) groups excluding carboxylic acids is 1. The Morgan fingerprint density at radius 3 is 2.57 bits per heavy atom. The minimum absolute atomic E-state index is 0.180. The Hall–Kier alpha value is -1.45. The molecule has 0 spiro atoms. The molecule has 0 aromatic heterocycles. The number of alkyl halides is 2. The highest BCUT2D eigenvalue weighted by Gasteiger charge is 2.14. The van der Waals surface area contributed by atoms with Crippen molar-refractivity contribution in [3.63, 3.8) is 0 Å². The lowest BCUT2D eigenvalue weighted by molar-refractivity contribution is 0.0987. The molecular weight excluding hydrogens is 190 g/mol. The van der Waals surface area contributed by atoms with Gasteiger partial charge in [0.2, 0.25) is 0 Å². The van der Waals surface area contributed by atoms with Gasteiger partial charge in [0.1, 0.15) is 5.75 Å². The van der Waals surface area contributed by atoms with Gasteiger partial charge in [-0.3, -0.25) is 4.79 Å². The smallest absolute Gasteiger partial charge is 0.267 e. The van der Waals surface area contributed by atoms with Gasteiger partial charge >= 0.3 is 0 Å². The largest absolute Gasteiger partial charge is 0.507 e. The third-order valence-electron chi connectivity index (χ3n) is 1.91. The maximum absolute atomic E-state index is 12.2. The molecule has 1 aromatic rings. The topological polar surface area (TPSA) is 37.3 Å². The molecule has 0 saturated carbocycles. The Bertz CT molecular complexity index is 348. The van der Waals surface area contributed by atoms with Crippen LogP contribution in [-0.4, -0.2) is 10.9 Å². The predicted octanol–water partition coefficient (Wildman–Crippen LogP) is 2.92. The highest BCUT2D eigenvalue weighted by atomic mass is 19.3. The zero-order chi connectivity index (χ0) is 10.7. The number of aromatic hydroxyl groups is 1. The summed E-state index contributed by atoms with van der Waals surface area (Å²) in [5.74, 6) is -0.708. The fourth-order valence-electron chi connectivity index (χ4n) is 1.11. The van der Waals surface area contributed by atoms with Crippen LogP contribution in [0.2, 0.25) is 0 Å². The molecule has 0 radical (unpaired) electrons. The van der Waals surface area contributed by atoms with E-state index < -0.39 is 17.7 Å². The number of hydrogen-bond acceptors (Lipinski definition) is 2.